The van der Waals surface area contributed by atoms with Crippen LogP contribution in [-0.4, -0.2) is 0 Å². The van der Waals surface area contributed by atoms with Gasteiger partial charge in [0.05, 0.1) is 0 Å². The third kappa shape index (κ3) is 2.70. The number of benzene rings is 3. The third-order valence-corrected chi connectivity index (χ3v) is 6.11. The normalized spacial score (nSPS) is 17.5. The zero-order valence-corrected chi connectivity index (χ0v) is 14.7. The minimum Gasteiger partial charge on any atom is -0.0621 e. The van der Waals surface area contributed by atoms with Crippen molar-refractivity contribution in [1.82, 2.24) is 0 Å². The fourth-order valence-electron chi connectivity index (χ4n) is 4.74. The summed E-state index contributed by atoms with van der Waals surface area (Å²) in [6, 6.07) is 22.4. The molecule has 0 unspecified atom stereocenters. The van der Waals surface area contributed by atoms with E-state index in [2.05, 4.69) is 66.7 Å². The van der Waals surface area contributed by atoms with E-state index in [0.717, 1.165) is 5.92 Å². The minimum absolute atomic E-state index is 0.825. The number of fused-ring (bicyclic) bond motifs is 2. The smallest absolute Gasteiger partial charge is 0.00548 e. The summed E-state index contributed by atoms with van der Waals surface area (Å²) in [6.45, 7) is 0. The Morgan fingerprint density at radius 2 is 1.56 bits per heavy atom. The molecule has 0 saturated heterocycles. The molecular formula is C25H24. The van der Waals surface area contributed by atoms with Crippen LogP contribution in [0.2, 0.25) is 0 Å². The predicted molar refractivity (Wildman–Crippen MR) is 108 cm³/mol. The van der Waals surface area contributed by atoms with E-state index in [1.807, 2.05) is 0 Å². The quantitative estimate of drug-likeness (QED) is 0.475. The Labute approximate surface area is 150 Å². The Balaban J connectivity index is 1.57. The molecule has 0 bridgehead atoms. The molecule has 0 N–H and O–H groups in total. The fraction of sp³-hybridized carbons (Fsp3) is 0.280. The molecule has 1 fully saturated rings. The lowest BCUT2D eigenvalue weighted by Gasteiger charge is -2.22. The van der Waals surface area contributed by atoms with Crippen LogP contribution in [0.5, 0.6) is 0 Å². The van der Waals surface area contributed by atoms with Crippen molar-refractivity contribution in [2.75, 3.05) is 0 Å². The van der Waals surface area contributed by atoms with E-state index < -0.39 is 0 Å². The maximum absolute atomic E-state index is 2.52. The Kier molecular flexibility index (Phi) is 3.70. The van der Waals surface area contributed by atoms with Crippen LogP contribution in [0, 0.1) is 5.92 Å². The van der Waals surface area contributed by atoms with Crippen molar-refractivity contribution >= 4 is 16.8 Å². The Bertz CT molecular complexity index is 955. The molecule has 124 valence electrons. The topological polar surface area (TPSA) is 0 Å². The highest BCUT2D eigenvalue weighted by atomic mass is 14.3. The van der Waals surface area contributed by atoms with Crippen LogP contribution in [0.3, 0.4) is 0 Å². The van der Waals surface area contributed by atoms with Crippen LogP contribution < -0.4 is 0 Å². The average molecular weight is 324 g/mol. The first-order chi connectivity index (χ1) is 12.4. The van der Waals surface area contributed by atoms with Gasteiger partial charge in [-0.3, -0.25) is 0 Å². The standard InChI is InChI=1S/C25H24/c1-2-7-18(8-3-1)23-16-21-11-6-12-24(25(21)17-23)22-14-13-19-9-4-5-10-20(19)15-22/h4-6,9-15,17-18H,1-3,7-8,16H2. The molecule has 0 nitrogen and oxygen atoms in total. The Morgan fingerprint density at radius 3 is 2.44 bits per heavy atom. The van der Waals surface area contributed by atoms with Crippen LogP contribution in [0.1, 0.15) is 43.2 Å². The zero-order chi connectivity index (χ0) is 16.6. The van der Waals surface area contributed by atoms with Crippen LogP contribution in [0.15, 0.2) is 66.2 Å². The van der Waals surface area contributed by atoms with Gasteiger partial charge in [0, 0.05) is 0 Å². The first-order valence-corrected chi connectivity index (χ1v) is 9.70. The molecule has 2 aliphatic carbocycles. The van der Waals surface area contributed by atoms with Crippen molar-refractivity contribution in [3.63, 3.8) is 0 Å². The van der Waals surface area contributed by atoms with Crippen molar-refractivity contribution < 1.29 is 0 Å². The lowest BCUT2D eigenvalue weighted by Crippen LogP contribution is -2.08. The summed E-state index contributed by atoms with van der Waals surface area (Å²) in [6.07, 6.45) is 10.7. The zero-order valence-electron chi connectivity index (χ0n) is 14.7. The van der Waals surface area contributed by atoms with Crippen molar-refractivity contribution in [2.45, 2.75) is 38.5 Å². The van der Waals surface area contributed by atoms with Crippen molar-refractivity contribution in [1.29, 1.82) is 0 Å². The van der Waals surface area contributed by atoms with Crippen LogP contribution in [0.25, 0.3) is 28.0 Å². The molecule has 0 atom stereocenters. The first-order valence-electron chi connectivity index (χ1n) is 9.70. The van der Waals surface area contributed by atoms with Crippen molar-refractivity contribution in [2.24, 2.45) is 5.92 Å². The largest absolute Gasteiger partial charge is 0.0621 e. The molecule has 2 aliphatic rings. The second-order valence-corrected chi connectivity index (χ2v) is 7.67. The van der Waals surface area contributed by atoms with E-state index in [9.17, 15) is 0 Å². The molecule has 0 amide bonds. The molecular weight excluding hydrogens is 300 g/mol. The SMILES string of the molecule is C1=C(C2CCCCC2)Cc2cccc(-c3ccc4ccccc4c3)c21. The van der Waals surface area contributed by atoms with Gasteiger partial charge in [0.25, 0.3) is 0 Å². The highest BCUT2D eigenvalue weighted by Crippen LogP contribution is 2.40. The van der Waals surface area contributed by atoms with Crippen molar-refractivity contribution in [3.05, 3.63) is 77.4 Å². The molecule has 3 aromatic carbocycles. The highest BCUT2D eigenvalue weighted by Gasteiger charge is 2.24. The summed E-state index contributed by atoms with van der Waals surface area (Å²) < 4.78 is 0. The predicted octanol–water partition coefficient (Wildman–Crippen LogP) is 7.03. The average Bonchev–Trinajstić information content (AvgIpc) is 3.13. The second-order valence-electron chi connectivity index (χ2n) is 7.67. The lowest BCUT2D eigenvalue weighted by atomic mass is 9.83. The molecule has 0 heteroatoms. The summed E-state index contributed by atoms with van der Waals surface area (Å²) in [5.74, 6) is 0.825. The maximum atomic E-state index is 2.52. The maximum Gasteiger partial charge on any atom is -0.00548 e. The van der Waals surface area contributed by atoms with Crippen LogP contribution >= 0.6 is 0 Å². The Hall–Kier alpha value is -2.34. The molecule has 0 aromatic heterocycles. The highest BCUT2D eigenvalue weighted by molar-refractivity contribution is 5.90. The van der Waals surface area contributed by atoms with Gasteiger partial charge in [-0.2, -0.15) is 0 Å². The van der Waals surface area contributed by atoms with Crippen LogP contribution in [-0.2, 0) is 6.42 Å². The van der Waals surface area contributed by atoms with Gasteiger partial charge < -0.3 is 0 Å². The van der Waals surface area contributed by atoms with E-state index in [1.54, 1.807) is 5.57 Å². The number of allylic oxidation sites excluding steroid dienone is 1. The van der Waals surface area contributed by atoms with Gasteiger partial charge in [-0.05, 0) is 64.3 Å². The molecule has 3 aromatic rings. The van der Waals surface area contributed by atoms with Gasteiger partial charge in [0.2, 0.25) is 0 Å². The number of rotatable bonds is 2. The van der Waals surface area contributed by atoms with E-state index in [-0.39, 0.29) is 0 Å². The third-order valence-electron chi connectivity index (χ3n) is 6.11. The minimum atomic E-state index is 0.825. The van der Waals surface area contributed by atoms with Gasteiger partial charge in [0.15, 0.2) is 0 Å². The van der Waals surface area contributed by atoms with Gasteiger partial charge in [-0.25, -0.2) is 0 Å². The molecule has 0 heterocycles. The molecule has 0 radical (unpaired) electrons. The van der Waals surface area contributed by atoms with E-state index >= 15 is 0 Å². The first kappa shape index (κ1) is 15.0. The van der Waals surface area contributed by atoms with Gasteiger partial charge in [-0.15, -0.1) is 0 Å². The number of hydrogen-bond acceptors (Lipinski definition) is 0. The van der Waals surface area contributed by atoms with E-state index in [1.165, 1.54) is 71.6 Å². The second kappa shape index (κ2) is 6.19. The lowest BCUT2D eigenvalue weighted by molar-refractivity contribution is 0.401. The molecule has 0 aliphatic heterocycles. The van der Waals surface area contributed by atoms with E-state index in [0.29, 0.717) is 0 Å². The van der Waals surface area contributed by atoms with Gasteiger partial charge in [0.1, 0.15) is 0 Å². The molecule has 1 saturated carbocycles. The van der Waals surface area contributed by atoms with Gasteiger partial charge >= 0.3 is 0 Å². The number of hydrogen-bond donors (Lipinski definition) is 0. The summed E-state index contributed by atoms with van der Waals surface area (Å²) in [4.78, 5) is 0. The molecule has 0 spiro atoms. The molecule has 25 heavy (non-hydrogen) atoms. The molecule has 5 rings (SSSR count). The van der Waals surface area contributed by atoms with Crippen molar-refractivity contribution in [3.8, 4) is 11.1 Å². The summed E-state index contributed by atoms with van der Waals surface area (Å²) in [5.41, 5.74) is 7.42. The van der Waals surface area contributed by atoms with Crippen LogP contribution in [0.4, 0.5) is 0 Å². The van der Waals surface area contributed by atoms with E-state index in [4.69, 9.17) is 0 Å². The Morgan fingerprint density at radius 1 is 0.720 bits per heavy atom. The summed E-state index contributed by atoms with van der Waals surface area (Å²) in [5, 5.41) is 2.64. The summed E-state index contributed by atoms with van der Waals surface area (Å²) >= 11 is 0. The monoisotopic (exact) mass is 324 g/mol. The summed E-state index contributed by atoms with van der Waals surface area (Å²) in [7, 11) is 0. The fourth-order valence-corrected chi connectivity index (χ4v) is 4.74. The van der Waals surface area contributed by atoms with Gasteiger partial charge in [-0.1, -0.05) is 85.5 Å².